The van der Waals surface area contributed by atoms with Crippen molar-refractivity contribution < 1.29 is 24.9 Å². The van der Waals surface area contributed by atoms with Crippen LogP contribution >= 0.6 is 0 Å². The number of benzene rings is 1. The van der Waals surface area contributed by atoms with Crippen LogP contribution in [0.3, 0.4) is 0 Å². The Labute approximate surface area is 194 Å². The summed E-state index contributed by atoms with van der Waals surface area (Å²) in [6.45, 7) is 14.5. The third-order valence-electron chi connectivity index (χ3n) is 4.76. The molecule has 0 fully saturated rings. The van der Waals surface area contributed by atoms with Crippen LogP contribution in [0.4, 0.5) is 0 Å². The van der Waals surface area contributed by atoms with Gasteiger partial charge in [0.25, 0.3) is 5.91 Å². The molecule has 0 saturated carbocycles. The van der Waals surface area contributed by atoms with Crippen LogP contribution < -0.4 is 10.4 Å². The molecular formula is C26H42NO5-. The fraction of sp³-hybridized carbons (Fsp3) is 0.538. The first-order chi connectivity index (χ1) is 15.2. The Kier molecular flexibility index (Phi) is 20.6. The SMILES string of the molecule is C=CCC(CC)CO.C=CCC(C[O-])CO.CC(=O)[C@H](NC(=O)c1ccccc1)C(C)C. The largest absolute Gasteiger partial charge is 0.854 e. The third kappa shape index (κ3) is 15.5. The smallest absolute Gasteiger partial charge is 0.251 e. The molecular weight excluding hydrogens is 406 g/mol. The summed E-state index contributed by atoms with van der Waals surface area (Å²) in [5, 5.41) is 29.8. The number of carbonyl (C=O) groups is 2. The van der Waals surface area contributed by atoms with Gasteiger partial charge >= 0.3 is 0 Å². The van der Waals surface area contributed by atoms with E-state index in [0.29, 0.717) is 24.5 Å². The van der Waals surface area contributed by atoms with Gasteiger partial charge in [-0.05, 0) is 49.7 Å². The third-order valence-corrected chi connectivity index (χ3v) is 4.76. The van der Waals surface area contributed by atoms with E-state index in [-0.39, 0.29) is 36.7 Å². The highest BCUT2D eigenvalue weighted by Crippen LogP contribution is 2.06. The normalized spacial score (nSPS) is 12.8. The molecule has 1 aromatic carbocycles. The Morgan fingerprint density at radius 1 is 1.03 bits per heavy atom. The van der Waals surface area contributed by atoms with Crippen molar-refractivity contribution in [3.05, 3.63) is 61.2 Å². The molecule has 0 aromatic heterocycles. The summed E-state index contributed by atoms with van der Waals surface area (Å²) in [4.78, 5) is 23.1. The van der Waals surface area contributed by atoms with Gasteiger partial charge in [0.2, 0.25) is 0 Å². The zero-order valence-corrected chi connectivity index (χ0v) is 20.1. The van der Waals surface area contributed by atoms with Crippen molar-refractivity contribution in [2.75, 3.05) is 19.8 Å². The van der Waals surface area contributed by atoms with Crippen molar-refractivity contribution >= 4 is 11.7 Å². The fourth-order valence-corrected chi connectivity index (χ4v) is 2.59. The second kappa shape index (κ2) is 20.6. The number of nitrogens with one attached hydrogen (secondary N) is 1. The molecule has 0 radical (unpaired) electrons. The van der Waals surface area contributed by atoms with Crippen molar-refractivity contribution in [3.63, 3.8) is 0 Å². The number of hydrogen-bond donors (Lipinski definition) is 3. The second-order valence-corrected chi connectivity index (χ2v) is 7.89. The average molecular weight is 449 g/mol. The maximum absolute atomic E-state index is 11.8. The molecule has 2 unspecified atom stereocenters. The topological polar surface area (TPSA) is 110 Å². The van der Waals surface area contributed by atoms with Gasteiger partial charge in [-0.3, -0.25) is 9.59 Å². The molecule has 6 nitrogen and oxygen atoms in total. The van der Waals surface area contributed by atoms with Crippen LogP contribution in [0.25, 0.3) is 0 Å². The zero-order valence-electron chi connectivity index (χ0n) is 20.1. The van der Waals surface area contributed by atoms with E-state index in [0.717, 1.165) is 12.8 Å². The van der Waals surface area contributed by atoms with Crippen LogP contribution in [-0.4, -0.2) is 47.8 Å². The lowest BCUT2D eigenvalue weighted by molar-refractivity contribution is -0.380. The molecule has 0 bridgehead atoms. The highest BCUT2D eigenvalue weighted by molar-refractivity contribution is 5.97. The molecule has 0 spiro atoms. The van der Waals surface area contributed by atoms with E-state index in [1.807, 2.05) is 26.0 Å². The van der Waals surface area contributed by atoms with Gasteiger partial charge in [-0.25, -0.2) is 0 Å². The number of aliphatic hydroxyl groups excluding tert-OH is 2. The lowest BCUT2D eigenvalue weighted by Gasteiger charge is -2.19. The van der Waals surface area contributed by atoms with Crippen LogP contribution in [0.2, 0.25) is 0 Å². The first kappa shape index (κ1) is 31.9. The predicted molar refractivity (Wildman–Crippen MR) is 129 cm³/mol. The van der Waals surface area contributed by atoms with Crippen LogP contribution in [0.1, 0.15) is 57.3 Å². The van der Waals surface area contributed by atoms with E-state index >= 15 is 0 Å². The number of Topliss-reactive ketones (excluding diaryl/α,β-unsaturated/α-hetero) is 1. The minimum atomic E-state index is -0.410. The fourth-order valence-electron chi connectivity index (χ4n) is 2.59. The summed E-state index contributed by atoms with van der Waals surface area (Å²) in [7, 11) is 0. The first-order valence-corrected chi connectivity index (χ1v) is 11.1. The lowest BCUT2D eigenvalue weighted by Crippen LogP contribution is -2.43. The van der Waals surface area contributed by atoms with Crippen molar-refractivity contribution in [1.29, 1.82) is 0 Å². The molecule has 1 rings (SSSR count). The standard InChI is InChI=1S/C13H17NO2.C7H14O.C6H11O2/c1-9(2)12(10(3)15)14-13(16)11-7-5-4-6-8-11;1-3-5-7(4-2)6-8;1-2-3-6(4-7)5-8/h4-9,12H,1-3H3,(H,14,16);3,7-8H,1,4-6H2,2H3;2,6-7H,1,3-5H2/q;;-1/t12-;;/m1../s1. The molecule has 0 saturated heterocycles. The summed E-state index contributed by atoms with van der Waals surface area (Å²) in [5.41, 5.74) is 0.578. The average Bonchev–Trinajstić information content (AvgIpc) is 2.80. The minimum Gasteiger partial charge on any atom is -0.854 e. The molecule has 0 aliphatic heterocycles. The monoisotopic (exact) mass is 448 g/mol. The number of ketones is 1. The number of amides is 1. The van der Waals surface area contributed by atoms with Gasteiger partial charge in [-0.2, -0.15) is 0 Å². The molecule has 0 aliphatic rings. The number of allylic oxidation sites excluding steroid dienone is 2. The minimum absolute atomic E-state index is 0.0146. The highest BCUT2D eigenvalue weighted by Gasteiger charge is 2.20. The molecule has 3 N–H and O–H groups in total. The Hall–Kier alpha value is -2.28. The van der Waals surface area contributed by atoms with Crippen LogP contribution in [-0.2, 0) is 4.79 Å². The summed E-state index contributed by atoms with van der Waals surface area (Å²) in [6.07, 6.45) is 6.11. The predicted octanol–water partition coefficient (Wildman–Crippen LogP) is 3.14. The molecule has 0 heterocycles. The van der Waals surface area contributed by atoms with Gasteiger partial charge < -0.3 is 20.6 Å². The molecule has 1 aromatic rings. The van der Waals surface area contributed by atoms with Gasteiger partial charge in [0, 0.05) is 18.8 Å². The van der Waals surface area contributed by atoms with Gasteiger partial charge in [0.05, 0.1) is 6.04 Å². The van der Waals surface area contributed by atoms with E-state index in [4.69, 9.17) is 10.2 Å². The molecule has 6 heteroatoms. The van der Waals surface area contributed by atoms with Crippen LogP contribution in [0.5, 0.6) is 0 Å². The van der Waals surface area contributed by atoms with E-state index in [9.17, 15) is 14.7 Å². The Balaban J connectivity index is 0. The Morgan fingerprint density at radius 2 is 1.53 bits per heavy atom. The van der Waals surface area contributed by atoms with Gasteiger partial charge in [0.15, 0.2) is 5.78 Å². The van der Waals surface area contributed by atoms with E-state index in [2.05, 4.69) is 25.4 Å². The van der Waals surface area contributed by atoms with Crippen LogP contribution in [0.15, 0.2) is 55.6 Å². The Morgan fingerprint density at radius 3 is 1.81 bits per heavy atom. The second-order valence-electron chi connectivity index (χ2n) is 7.89. The number of rotatable bonds is 12. The number of carbonyl (C=O) groups excluding carboxylic acids is 2. The molecule has 1 amide bonds. The van der Waals surface area contributed by atoms with Crippen molar-refractivity contribution in [3.8, 4) is 0 Å². The molecule has 3 atom stereocenters. The number of hydrogen-bond acceptors (Lipinski definition) is 5. The zero-order chi connectivity index (χ0) is 24.9. The van der Waals surface area contributed by atoms with Crippen molar-refractivity contribution in [2.24, 2.45) is 17.8 Å². The van der Waals surface area contributed by atoms with E-state index in [1.165, 1.54) is 6.92 Å². The highest BCUT2D eigenvalue weighted by atomic mass is 16.3. The van der Waals surface area contributed by atoms with E-state index in [1.54, 1.807) is 30.3 Å². The Bertz CT molecular complexity index is 604. The van der Waals surface area contributed by atoms with Gasteiger partial charge in [-0.1, -0.05) is 57.5 Å². The molecule has 0 aliphatic carbocycles. The number of aliphatic hydroxyl groups is 2. The first-order valence-electron chi connectivity index (χ1n) is 11.1. The quantitative estimate of drug-likeness (QED) is 0.426. The van der Waals surface area contributed by atoms with Crippen LogP contribution in [0, 0.1) is 17.8 Å². The molecule has 32 heavy (non-hydrogen) atoms. The van der Waals surface area contributed by atoms with Crippen molar-refractivity contribution in [1.82, 2.24) is 5.32 Å². The summed E-state index contributed by atoms with van der Waals surface area (Å²) in [5.74, 6) is 0.207. The van der Waals surface area contributed by atoms with Crippen molar-refractivity contribution in [2.45, 2.75) is 53.0 Å². The lowest BCUT2D eigenvalue weighted by atomic mass is 10.0. The van der Waals surface area contributed by atoms with Gasteiger partial charge in [-0.15, -0.1) is 19.8 Å². The van der Waals surface area contributed by atoms with E-state index < -0.39 is 6.04 Å². The maximum Gasteiger partial charge on any atom is 0.251 e. The summed E-state index contributed by atoms with van der Waals surface area (Å²) >= 11 is 0. The molecule has 182 valence electrons. The maximum atomic E-state index is 11.8. The summed E-state index contributed by atoms with van der Waals surface area (Å²) in [6, 6.07) is 8.49. The van der Waals surface area contributed by atoms with Gasteiger partial charge in [0.1, 0.15) is 0 Å². The summed E-state index contributed by atoms with van der Waals surface area (Å²) < 4.78 is 0.